The molecule has 120 valence electrons. The molecule has 2 atom stereocenters. The van der Waals surface area contributed by atoms with Crippen molar-refractivity contribution in [2.45, 2.75) is 57.6 Å². The molecule has 0 saturated carbocycles. The van der Waals surface area contributed by atoms with Gasteiger partial charge in [0.05, 0.1) is 0 Å². The number of nitrogens with two attached hydrogens (primary N) is 1. The van der Waals surface area contributed by atoms with Crippen LogP contribution in [-0.2, 0) is 16.6 Å². The monoisotopic (exact) mass is 314 g/mol. The van der Waals surface area contributed by atoms with Crippen molar-refractivity contribution >= 4 is 10.0 Å². The van der Waals surface area contributed by atoms with Gasteiger partial charge < -0.3 is 10.3 Å². The highest BCUT2D eigenvalue weighted by molar-refractivity contribution is 7.89. The topological polar surface area (TPSA) is 81.2 Å². The van der Waals surface area contributed by atoms with Gasteiger partial charge in [0.25, 0.3) is 10.0 Å². The maximum Gasteiger partial charge on any atom is 0.262 e. The Kier molecular flexibility index (Phi) is 5.06. The predicted molar refractivity (Wildman–Crippen MR) is 82.4 cm³/mol. The summed E-state index contributed by atoms with van der Waals surface area (Å²) in [6.45, 7) is 7.70. The number of hydrogen-bond donors (Lipinski definition) is 1. The first-order chi connectivity index (χ1) is 9.86. The van der Waals surface area contributed by atoms with Crippen molar-refractivity contribution in [3.8, 4) is 0 Å². The van der Waals surface area contributed by atoms with E-state index < -0.39 is 10.0 Å². The minimum absolute atomic E-state index is 0.0161. The SMILES string of the molecule is CCCn1cc(S(=O)(=O)N2CCCC(C(C)N)C2)nc1C. The molecule has 7 heteroatoms. The Bertz CT molecular complexity index is 580. The molecule has 1 aromatic heterocycles. The first-order valence-corrected chi connectivity index (χ1v) is 9.09. The molecule has 1 aromatic rings. The highest BCUT2D eigenvalue weighted by atomic mass is 32.2. The van der Waals surface area contributed by atoms with Gasteiger partial charge in [-0.1, -0.05) is 6.92 Å². The summed E-state index contributed by atoms with van der Waals surface area (Å²) in [5.74, 6) is 0.975. The average molecular weight is 314 g/mol. The van der Waals surface area contributed by atoms with Gasteiger partial charge >= 0.3 is 0 Å². The van der Waals surface area contributed by atoms with Gasteiger partial charge in [0.2, 0.25) is 0 Å². The Morgan fingerprint density at radius 2 is 2.24 bits per heavy atom. The Labute approximate surface area is 127 Å². The summed E-state index contributed by atoms with van der Waals surface area (Å²) < 4.78 is 28.9. The van der Waals surface area contributed by atoms with Gasteiger partial charge in [0.15, 0.2) is 5.03 Å². The molecule has 1 aliphatic rings. The Balaban J connectivity index is 2.23. The summed E-state index contributed by atoms with van der Waals surface area (Å²) in [4.78, 5) is 4.25. The lowest BCUT2D eigenvalue weighted by atomic mass is 9.93. The van der Waals surface area contributed by atoms with Crippen LogP contribution in [0.25, 0.3) is 0 Å². The second-order valence-corrected chi connectivity index (χ2v) is 7.83. The predicted octanol–water partition coefficient (Wildman–Crippen LogP) is 1.35. The van der Waals surface area contributed by atoms with E-state index in [2.05, 4.69) is 11.9 Å². The smallest absolute Gasteiger partial charge is 0.262 e. The molecule has 2 rings (SSSR count). The quantitative estimate of drug-likeness (QED) is 0.889. The van der Waals surface area contributed by atoms with Crippen molar-refractivity contribution in [3.05, 3.63) is 12.0 Å². The van der Waals surface area contributed by atoms with Crippen LogP contribution in [0, 0.1) is 12.8 Å². The van der Waals surface area contributed by atoms with Crippen LogP contribution in [0.3, 0.4) is 0 Å². The molecule has 0 amide bonds. The van der Waals surface area contributed by atoms with E-state index in [0.717, 1.165) is 31.6 Å². The lowest BCUT2D eigenvalue weighted by Gasteiger charge is -2.33. The molecule has 0 spiro atoms. The van der Waals surface area contributed by atoms with Crippen LogP contribution in [-0.4, -0.2) is 41.4 Å². The molecule has 6 nitrogen and oxygen atoms in total. The lowest BCUT2D eigenvalue weighted by Crippen LogP contribution is -2.45. The molecular formula is C14H26N4O2S. The van der Waals surface area contributed by atoms with Gasteiger partial charge in [-0.2, -0.15) is 4.31 Å². The zero-order valence-electron chi connectivity index (χ0n) is 13.1. The third-order valence-corrected chi connectivity index (χ3v) is 5.92. The average Bonchev–Trinajstić information content (AvgIpc) is 2.81. The molecule has 0 radical (unpaired) electrons. The zero-order chi connectivity index (χ0) is 15.6. The van der Waals surface area contributed by atoms with E-state index in [9.17, 15) is 8.42 Å². The van der Waals surface area contributed by atoms with Crippen molar-refractivity contribution in [2.75, 3.05) is 13.1 Å². The molecule has 2 heterocycles. The number of aromatic nitrogens is 2. The minimum Gasteiger partial charge on any atom is -0.334 e. The fourth-order valence-electron chi connectivity index (χ4n) is 2.82. The van der Waals surface area contributed by atoms with Crippen LogP contribution in [0.5, 0.6) is 0 Å². The molecule has 1 aliphatic heterocycles. The fourth-order valence-corrected chi connectivity index (χ4v) is 4.35. The third-order valence-electron chi connectivity index (χ3n) is 4.19. The first kappa shape index (κ1) is 16.5. The largest absolute Gasteiger partial charge is 0.334 e. The second-order valence-electron chi connectivity index (χ2n) is 5.94. The van der Waals surface area contributed by atoms with Crippen molar-refractivity contribution in [2.24, 2.45) is 11.7 Å². The maximum atomic E-state index is 12.7. The number of hydrogen-bond acceptors (Lipinski definition) is 4. The summed E-state index contributed by atoms with van der Waals surface area (Å²) in [6.07, 6.45) is 4.46. The Morgan fingerprint density at radius 3 is 2.86 bits per heavy atom. The van der Waals surface area contributed by atoms with E-state index in [4.69, 9.17) is 5.73 Å². The normalized spacial score (nSPS) is 22.4. The zero-order valence-corrected chi connectivity index (χ0v) is 13.9. The van der Waals surface area contributed by atoms with Crippen LogP contribution in [0.15, 0.2) is 11.2 Å². The van der Waals surface area contributed by atoms with E-state index in [1.54, 1.807) is 10.5 Å². The van der Waals surface area contributed by atoms with Gasteiger partial charge in [-0.3, -0.25) is 0 Å². The van der Waals surface area contributed by atoms with Gasteiger partial charge in [-0.15, -0.1) is 0 Å². The summed E-state index contributed by atoms with van der Waals surface area (Å²) in [5.41, 5.74) is 5.94. The molecule has 1 fully saturated rings. The highest BCUT2D eigenvalue weighted by Gasteiger charge is 2.33. The Morgan fingerprint density at radius 1 is 1.52 bits per heavy atom. The number of imidazole rings is 1. The summed E-state index contributed by atoms with van der Waals surface area (Å²) in [5, 5.41) is 0.166. The van der Waals surface area contributed by atoms with Crippen LogP contribution in [0.1, 0.15) is 38.9 Å². The second kappa shape index (κ2) is 6.46. The molecule has 0 aromatic carbocycles. The maximum absolute atomic E-state index is 12.7. The molecule has 2 unspecified atom stereocenters. The third kappa shape index (κ3) is 3.46. The number of aryl methyl sites for hydroxylation is 2. The van der Waals surface area contributed by atoms with Crippen molar-refractivity contribution in [1.29, 1.82) is 0 Å². The van der Waals surface area contributed by atoms with Crippen LogP contribution in [0.2, 0.25) is 0 Å². The first-order valence-electron chi connectivity index (χ1n) is 7.65. The summed E-state index contributed by atoms with van der Waals surface area (Å²) >= 11 is 0. The van der Waals surface area contributed by atoms with Crippen molar-refractivity contribution in [1.82, 2.24) is 13.9 Å². The van der Waals surface area contributed by atoms with Gasteiger partial charge in [-0.05, 0) is 39.0 Å². The van der Waals surface area contributed by atoms with Crippen LogP contribution in [0.4, 0.5) is 0 Å². The van der Waals surface area contributed by atoms with E-state index in [-0.39, 0.29) is 17.0 Å². The van der Waals surface area contributed by atoms with E-state index >= 15 is 0 Å². The van der Waals surface area contributed by atoms with E-state index in [1.165, 1.54) is 0 Å². The van der Waals surface area contributed by atoms with Crippen LogP contribution >= 0.6 is 0 Å². The highest BCUT2D eigenvalue weighted by Crippen LogP contribution is 2.24. The van der Waals surface area contributed by atoms with Crippen LogP contribution < -0.4 is 5.73 Å². The van der Waals surface area contributed by atoms with Gasteiger partial charge in [0.1, 0.15) is 5.82 Å². The van der Waals surface area contributed by atoms with Gasteiger partial charge in [0, 0.05) is 31.9 Å². The summed E-state index contributed by atoms with van der Waals surface area (Å²) in [7, 11) is -3.50. The Hall–Kier alpha value is -0.920. The molecule has 0 bridgehead atoms. The number of nitrogens with zero attached hydrogens (tertiary/aromatic N) is 3. The minimum atomic E-state index is -3.50. The molecular weight excluding hydrogens is 288 g/mol. The number of sulfonamides is 1. The fraction of sp³-hybridized carbons (Fsp3) is 0.786. The molecule has 21 heavy (non-hydrogen) atoms. The molecule has 1 saturated heterocycles. The number of rotatable bonds is 5. The lowest BCUT2D eigenvalue weighted by molar-refractivity contribution is 0.242. The number of piperidine rings is 1. The van der Waals surface area contributed by atoms with E-state index in [0.29, 0.717) is 13.1 Å². The molecule has 2 N–H and O–H groups in total. The van der Waals surface area contributed by atoms with Gasteiger partial charge in [-0.25, -0.2) is 13.4 Å². The summed E-state index contributed by atoms with van der Waals surface area (Å²) in [6, 6.07) is 0.0161. The van der Waals surface area contributed by atoms with Crippen molar-refractivity contribution in [3.63, 3.8) is 0 Å². The van der Waals surface area contributed by atoms with Crippen molar-refractivity contribution < 1.29 is 8.42 Å². The van der Waals surface area contributed by atoms with E-state index in [1.807, 2.05) is 18.4 Å². The standard InChI is InChI=1S/C14H26N4O2S/c1-4-7-17-10-14(16-12(17)3)21(19,20)18-8-5-6-13(9-18)11(2)15/h10-11,13H,4-9,15H2,1-3H3. The molecule has 0 aliphatic carbocycles.